The topological polar surface area (TPSA) is 82.2 Å². The van der Waals surface area contributed by atoms with E-state index in [1.807, 2.05) is 6.92 Å². The molecule has 0 aliphatic heterocycles. The van der Waals surface area contributed by atoms with E-state index in [-0.39, 0.29) is 15.9 Å². The van der Waals surface area contributed by atoms with Crippen LogP contribution in [-0.2, 0) is 4.79 Å². The van der Waals surface area contributed by atoms with Crippen molar-refractivity contribution in [2.75, 3.05) is 0 Å². The van der Waals surface area contributed by atoms with E-state index in [1.54, 1.807) is 0 Å². The summed E-state index contributed by atoms with van der Waals surface area (Å²) in [5, 5.41) is 11.8. The number of aromatic amines is 1. The van der Waals surface area contributed by atoms with Gasteiger partial charge in [-0.3, -0.25) is 4.79 Å². The smallest absolute Gasteiger partial charge is 0.326 e. The normalized spacial score (nSPS) is 12.2. The van der Waals surface area contributed by atoms with Crippen molar-refractivity contribution in [2.45, 2.75) is 32.2 Å². The monoisotopic (exact) mass is 292 g/mol. The van der Waals surface area contributed by atoms with Crippen LogP contribution < -0.4 is 5.32 Å². The predicted molar refractivity (Wildman–Crippen MR) is 69.2 cm³/mol. The van der Waals surface area contributed by atoms with Gasteiger partial charge in [-0.05, 0) is 12.5 Å². The van der Waals surface area contributed by atoms with Gasteiger partial charge in [0.15, 0.2) is 0 Å². The lowest BCUT2D eigenvalue weighted by molar-refractivity contribution is -0.139. The van der Waals surface area contributed by atoms with Gasteiger partial charge in [0.05, 0.1) is 5.02 Å². The molecule has 1 heterocycles. The summed E-state index contributed by atoms with van der Waals surface area (Å²) in [5.41, 5.74) is 0.146. The maximum Gasteiger partial charge on any atom is 0.326 e. The van der Waals surface area contributed by atoms with E-state index in [0.29, 0.717) is 6.42 Å². The number of amides is 1. The van der Waals surface area contributed by atoms with E-state index < -0.39 is 17.9 Å². The van der Waals surface area contributed by atoms with E-state index in [1.165, 1.54) is 6.07 Å². The highest BCUT2D eigenvalue weighted by molar-refractivity contribution is 6.41. The van der Waals surface area contributed by atoms with Gasteiger partial charge < -0.3 is 15.4 Å². The molecule has 0 fully saturated rings. The number of halogens is 2. The van der Waals surface area contributed by atoms with Crippen LogP contribution in [0.15, 0.2) is 6.07 Å². The number of carboxylic acid groups (broad SMARTS) is 1. The summed E-state index contributed by atoms with van der Waals surface area (Å²) in [4.78, 5) is 25.3. The van der Waals surface area contributed by atoms with Crippen LogP contribution in [-0.4, -0.2) is 28.0 Å². The minimum Gasteiger partial charge on any atom is -0.480 e. The van der Waals surface area contributed by atoms with Crippen molar-refractivity contribution in [2.24, 2.45) is 0 Å². The van der Waals surface area contributed by atoms with Crippen LogP contribution in [0.4, 0.5) is 0 Å². The number of carbonyl (C=O) groups is 2. The number of carbonyl (C=O) groups excluding carboxylic acids is 1. The van der Waals surface area contributed by atoms with Crippen LogP contribution in [0.2, 0.25) is 10.2 Å². The molecule has 0 aliphatic rings. The third-order valence-corrected chi connectivity index (χ3v) is 3.11. The first kappa shape index (κ1) is 14.9. The Morgan fingerprint density at radius 3 is 2.61 bits per heavy atom. The number of aromatic nitrogens is 1. The molecule has 100 valence electrons. The number of nitrogens with one attached hydrogen (secondary N) is 2. The first-order valence-electron chi connectivity index (χ1n) is 5.53. The van der Waals surface area contributed by atoms with Crippen molar-refractivity contribution in [1.82, 2.24) is 10.3 Å². The van der Waals surface area contributed by atoms with E-state index >= 15 is 0 Å². The first-order chi connectivity index (χ1) is 8.45. The van der Waals surface area contributed by atoms with Crippen LogP contribution in [0.5, 0.6) is 0 Å². The van der Waals surface area contributed by atoms with Gasteiger partial charge in [0.1, 0.15) is 16.9 Å². The lowest BCUT2D eigenvalue weighted by Crippen LogP contribution is -2.40. The first-order valence-corrected chi connectivity index (χ1v) is 6.29. The fraction of sp³-hybridized carbons (Fsp3) is 0.455. The summed E-state index contributed by atoms with van der Waals surface area (Å²) >= 11 is 11.4. The summed E-state index contributed by atoms with van der Waals surface area (Å²) in [6, 6.07) is 0.455. The van der Waals surface area contributed by atoms with Gasteiger partial charge in [0.2, 0.25) is 0 Å². The van der Waals surface area contributed by atoms with E-state index in [4.69, 9.17) is 28.3 Å². The molecule has 3 N–H and O–H groups in total. The average Bonchev–Trinajstić information content (AvgIpc) is 2.64. The van der Waals surface area contributed by atoms with Crippen molar-refractivity contribution in [3.05, 3.63) is 21.9 Å². The molecule has 0 aromatic carbocycles. The molecule has 1 aromatic heterocycles. The summed E-state index contributed by atoms with van der Waals surface area (Å²) in [6.07, 6.45) is 1.98. The molecular formula is C11H14Cl2N2O3. The predicted octanol–water partition coefficient (Wildman–Crippen LogP) is 2.69. The summed E-state index contributed by atoms with van der Waals surface area (Å²) in [5.74, 6) is -1.59. The molecule has 1 rings (SSSR count). The zero-order valence-corrected chi connectivity index (χ0v) is 11.3. The molecule has 0 radical (unpaired) electrons. The molecule has 1 unspecified atom stereocenters. The maximum absolute atomic E-state index is 11.8. The Balaban J connectivity index is 2.69. The van der Waals surface area contributed by atoms with Crippen molar-refractivity contribution >= 4 is 35.1 Å². The van der Waals surface area contributed by atoms with Crippen LogP contribution >= 0.6 is 23.2 Å². The third kappa shape index (κ3) is 3.92. The molecule has 5 nitrogen and oxygen atoms in total. The number of hydrogen-bond acceptors (Lipinski definition) is 2. The summed E-state index contributed by atoms with van der Waals surface area (Å²) < 4.78 is 0. The van der Waals surface area contributed by atoms with Gasteiger partial charge >= 0.3 is 5.97 Å². The molecule has 1 amide bonds. The van der Waals surface area contributed by atoms with Crippen molar-refractivity contribution in [3.8, 4) is 0 Å². The molecule has 0 aliphatic carbocycles. The molecule has 1 atom stereocenters. The molecule has 0 saturated carbocycles. The van der Waals surface area contributed by atoms with Gasteiger partial charge in [-0.2, -0.15) is 0 Å². The Labute approximate surface area is 114 Å². The number of carboxylic acids is 1. The lowest BCUT2D eigenvalue weighted by Gasteiger charge is -2.13. The second-order valence-corrected chi connectivity index (χ2v) is 4.64. The van der Waals surface area contributed by atoms with E-state index in [9.17, 15) is 9.59 Å². The minimum atomic E-state index is -1.06. The number of hydrogen-bond donors (Lipinski definition) is 3. The number of aliphatic carboxylic acids is 1. The standard InChI is InChI=1S/C11H14Cl2N2O3/c1-2-3-4-7(11(17)18)15-10(16)8-5-6(12)9(13)14-8/h5,7,14H,2-4H2,1H3,(H,15,16)(H,17,18). The molecule has 0 bridgehead atoms. The Morgan fingerprint density at radius 2 is 2.17 bits per heavy atom. The summed E-state index contributed by atoms with van der Waals surface area (Å²) in [6.45, 7) is 1.95. The Bertz CT molecular complexity index is 426. The summed E-state index contributed by atoms with van der Waals surface area (Å²) in [7, 11) is 0. The molecule has 1 aromatic rings. The molecule has 0 saturated heterocycles. The highest BCUT2D eigenvalue weighted by Gasteiger charge is 2.21. The maximum atomic E-state index is 11.8. The van der Waals surface area contributed by atoms with Gasteiger partial charge in [0.25, 0.3) is 5.91 Å². The van der Waals surface area contributed by atoms with Crippen LogP contribution in [0, 0.1) is 0 Å². The minimum absolute atomic E-state index is 0.146. The number of rotatable bonds is 6. The highest BCUT2D eigenvalue weighted by Crippen LogP contribution is 2.21. The largest absolute Gasteiger partial charge is 0.480 e. The Kier molecular flexibility index (Phi) is 5.50. The van der Waals surface area contributed by atoms with Gasteiger partial charge in [-0.15, -0.1) is 0 Å². The Morgan fingerprint density at radius 1 is 1.50 bits per heavy atom. The number of H-pyrrole nitrogens is 1. The Hall–Kier alpha value is -1.20. The molecule has 18 heavy (non-hydrogen) atoms. The van der Waals surface area contributed by atoms with Gasteiger partial charge in [0, 0.05) is 0 Å². The second-order valence-electron chi connectivity index (χ2n) is 3.85. The van der Waals surface area contributed by atoms with Crippen LogP contribution in [0.3, 0.4) is 0 Å². The van der Waals surface area contributed by atoms with Gasteiger partial charge in [-0.1, -0.05) is 43.0 Å². The quantitative estimate of drug-likeness (QED) is 0.754. The van der Waals surface area contributed by atoms with Crippen molar-refractivity contribution in [3.63, 3.8) is 0 Å². The van der Waals surface area contributed by atoms with Crippen molar-refractivity contribution in [1.29, 1.82) is 0 Å². The van der Waals surface area contributed by atoms with Crippen LogP contribution in [0.25, 0.3) is 0 Å². The third-order valence-electron chi connectivity index (χ3n) is 2.42. The van der Waals surface area contributed by atoms with Gasteiger partial charge in [-0.25, -0.2) is 4.79 Å². The SMILES string of the molecule is CCCCC(NC(=O)c1cc(Cl)c(Cl)[nH]1)C(=O)O. The second kappa shape index (κ2) is 6.66. The zero-order valence-electron chi connectivity index (χ0n) is 9.80. The molecule has 7 heteroatoms. The fourth-order valence-electron chi connectivity index (χ4n) is 1.43. The fourth-order valence-corrected chi connectivity index (χ4v) is 1.74. The number of unbranched alkanes of at least 4 members (excludes halogenated alkanes) is 1. The molecule has 0 spiro atoms. The van der Waals surface area contributed by atoms with E-state index in [0.717, 1.165) is 12.8 Å². The lowest BCUT2D eigenvalue weighted by atomic mass is 10.1. The van der Waals surface area contributed by atoms with E-state index in [2.05, 4.69) is 10.3 Å². The van der Waals surface area contributed by atoms with Crippen LogP contribution in [0.1, 0.15) is 36.7 Å². The highest BCUT2D eigenvalue weighted by atomic mass is 35.5. The zero-order chi connectivity index (χ0) is 13.7. The van der Waals surface area contributed by atoms with Crippen molar-refractivity contribution < 1.29 is 14.7 Å². The average molecular weight is 293 g/mol. The molecular weight excluding hydrogens is 279 g/mol.